The van der Waals surface area contributed by atoms with Gasteiger partial charge in [-0.1, -0.05) is 30.3 Å². The second-order valence-corrected chi connectivity index (χ2v) is 2.70. The standard InChI is InChI=1S/C7H7O2P/c8-6-9-10-7-4-2-1-3-5-7/h1-6,10H. The molecule has 1 rings (SSSR count). The minimum absolute atomic E-state index is 0.136. The fourth-order valence-corrected chi connectivity index (χ4v) is 1.11. The van der Waals surface area contributed by atoms with E-state index < -0.39 is 0 Å². The second kappa shape index (κ2) is 4.02. The molecule has 0 heterocycles. The van der Waals surface area contributed by atoms with Gasteiger partial charge in [0.1, 0.15) is 8.81 Å². The maximum absolute atomic E-state index is 9.76. The first kappa shape index (κ1) is 7.23. The van der Waals surface area contributed by atoms with Crippen LogP contribution in [0.15, 0.2) is 30.3 Å². The SMILES string of the molecule is O=COPc1ccccc1. The Morgan fingerprint density at radius 2 is 2.00 bits per heavy atom. The Kier molecular flexibility index (Phi) is 2.91. The molecule has 1 atom stereocenters. The summed E-state index contributed by atoms with van der Waals surface area (Å²) in [4.78, 5) is 9.76. The first-order valence-electron chi connectivity index (χ1n) is 2.84. The van der Waals surface area contributed by atoms with Gasteiger partial charge in [0.25, 0.3) is 6.47 Å². The molecule has 10 heavy (non-hydrogen) atoms. The lowest BCUT2D eigenvalue weighted by molar-refractivity contribution is -0.119. The zero-order chi connectivity index (χ0) is 7.23. The van der Waals surface area contributed by atoms with Crippen LogP contribution in [0.1, 0.15) is 0 Å². The van der Waals surface area contributed by atoms with Gasteiger partial charge >= 0.3 is 0 Å². The summed E-state index contributed by atoms with van der Waals surface area (Å²) in [5, 5.41) is 1.04. The van der Waals surface area contributed by atoms with Crippen LogP contribution in [0, 0.1) is 0 Å². The third-order valence-electron chi connectivity index (χ3n) is 0.999. The largest absolute Gasteiger partial charge is 0.445 e. The van der Waals surface area contributed by atoms with Gasteiger partial charge in [-0.15, -0.1) is 0 Å². The molecule has 1 unspecified atom stereocenters. The van der Waals surface area contributed by atoms with E-state index in [4.69, 9.17) is 0 Å². The highest BCUT2D eigenvalue weighted by Gasteiger charge is 1.87. The first-order valence-corrected chi connectivity index (χ1v) is 3.74. The van der Waals surface area contributed by atoms with Crippen molar-refractivity contribution in [3.8, 4) is 0 Å². The summed E-state index contributed by atoms with van der Waals surface area (Å²) in [7, 11) is 0.136. The monoisotopic (exact) mass is 154 g/mol. The highest BCUT2D eigenvalue weighted by Crippen LogP contribution is 2.08. The van der Waals surface area contributed by atoms with E-state index in [1.54, 1.807) is 0 Å². The highest BCUT2D eigenvalue weighted by atomic mass is 31.1. The van der Waals surface area contributed by atoms with E-state index in [0.717, 1.165) is 5.30 Å². The van der Waals surface area contributed by atoms with E-state index in [2.05, 4.69) is 4.52 Å². The lowest BCUT2D eigenvalue weighted by Crippen LogP contribution is -1.91. The molecule has 0 aliphatic rings. The molecule has 1 aromatic carbocycles. The summed E-state index contributed by atoms with van der Waals surface area (Å²) in [6.07, 6.45) is 0. The molecule has 0 saturated carbocycles. The molecular weight excluding hydrogens is 147 g/mol. The van der Waals surface area contributed by atoms with Crippen LogP contribution in [0.5, 0.6) is 0 Å². The van der Waals surface area contributed by atoms with Gasteiger partial charge in [0.05, 0.1) is 0 Å². The van der Waals surface area contributed by atoms with E-state index in [1.165, 1.54) is 0 Å². The zero-order valence-corrected chi connectivity index (χ0v) is 6.28. The molecule has 2 nitrogen and oxygen atoms in total. The van der Waals surface area contributed by atoms with E-state index in [0.29, 0.717) is 6.47 Å². The molecule has 0 saturated heterocycles. The summed E-state index contributed by atoms with van der Waals surface area (Å²) >= 11 is 0. The summed E-state index contributed by atoms with van der Waals surface area (Å²) in [5.41, 5.74) is 0. The van der Waals surface area contributed by atoms with Crippen LogP contribution in [0.3, 0.4) is 0 Å². The number of rotatable bonds is 3. The molecule has 0 amide bonds. The normalized spacial score (nSPS) is 10.0. The van der Waals surface area contributed by atoms with Gasteiger partial charge in [-0.25, -0.2) is 0 Å². The number of carbonyl (C=O) groups is 1. The Morgan fingerprint density at radius 1 is 1.30 bits per heavy atom. The van der Waals surface area contributed by atoms with Crippen molar-refractivity contribution in [1.29, 1.82) is 0 Å². The lowest BCUT2D eigenvalue weighted by Gasteiger charge is -1.95. The van der Waals surface area contributed by atoms with Crippen molar-refractivity contribution >= 4 is 20.6 Å². The summed E-state index contributed by atoms with van der Waals surface area (Å²) < 4.78 is 4.57. The Hall–Kier alpha value is -0.880. The van der Waals surface area contributed by atoms with Crippen molar-refractivity contribution in [2.45, 2.75) is 0 Å². The zero-order valence-electron chi connectivity index (χ0n) is 5.28. The van der Waals surface area contributed by atoms with Crippen molar-refractivity contribution in [3.05, 3.63) is 30.3 Å². The molecule has 0 N–H and O–H groups in total. The van der Waals surface area contributed by atoms with Gasteiger partial charge in [0.15, 0.2) is 0 Å². The topological polar surface area (TPSA) is 26.3 Å². The fourth-order valence-electron chi connectivity index (χ4n) is 0.598. The minimum atomic E-state index is 0.136. The Labute approximate surface area is 61.1 Å². The summed E-state index contributed by atoms with van der Waals surface area (Å²) in [6, 6.07) is 9.59. The second-order valence-electron chi connectivity index (χ2n) is 1.68. The molecular formula is C7H7O2P. The lowest BCUT2D eigenvalue weighted by atomic mass is 10.4. The van der Waals surface area contributed by atoms with Crippen LogP contribution in [0.2, 0.25) is 0 Å². The predicted octanol–water partition coefficient (Wildman–Crippen LogP) is 1.08. The molecule has 52 valence electrons. The van der Waals surface area contributed by atoms with Crippen molar-refractivity contribution in [2.75, 3.05) is 0 Å². The van der Waals surface area contributed by atoms with Crippen LogP contribution < -0.4 is 5.30 Å². The number of benzene rings is 1. The Balaban J connectivity index is 2.50. The van der Waals surface area contributed by atoms with Gasteiger partial charge in [-0.3, -0.25) is 4.79 Å². The van der Waals surface area contributed by atoms with Gasteiger partial charge in [0, 0.05) is 5.30 Å². The molecule has 3 heteroatoms. The smallest absolute Gasteiger partial charge is 0.295 e. The average molecular weight is 154 g/mol. The summed E-state index contributed by atoms with van der Waals surface area (Å²) in [6.45, 7) is 0.464. The molecule has 0 spiro atoms. The fraction of sp³-hybridized carbons (Fsp3) is 0. The van der Waals surface area contributed by atoms with Gasteiger partial charge in [-0.2, -0.15) is 0 Å². The van der Waals surface area contributed by atoms with Crippen molar-refractivity contribution < 1.29 is 9.32 Å². The molecule has 0 aliphatic carbocycles. The van der Waals surface area contributed by atoms with Crippen LogP contribution in [0.4, 0.5) is 0 Å². The Morgan fingerprint density at radius 3 is 2.60 bits per heavy atom. The maximum atomic E-state index is 9.76. The van der Waals surface area contributed by atoms with E-state index in [-0.39, 0.29) is 8.81 Å². The van der Waals surface area contributed by atoms with Gasteiger partial charge in [-0.05, 0) is 0 Å². The van der Waals surface area contributed by atoms with Gasteiger partial charge < -0.3 is 4.52 Å². The molecule has 0 aromatic heterocycles. The van der Waals surface area contributed by atoms with Crippen LogP contribution in [-0.2, 0) is 9.32 Å². The van der Waals surface area contributed by atoms with Crippen molar-refractivity contribution in [3.63, 3.8) is 0 Å². The van der Waals surface area contributed by atoms with Crippen molar-refractivity contribution in [2.24, 2.45) is 0 Å². The number of carbonyl (C=O) groups excluding carboxylic acids is 1. The average Bonchev–Trinajstić information content (AvgIpc) is 2.03. The third-order valence-corrected chi connectivity index (χ3v) is 1.78. The van der Waals surface area contributed by atoms with E-state index in [9.17, 15) is 4.79 Å². The minimum Gasteiger partial charge on any atom is -0.445 e. The molecule has 0 bridgehead atoms. The van der Waals surface area contributed by atoms with Crippen LogP contribution in [-0.4, -0.2) is 6.47 Å². The van der Waals surface area contributed by atoms with E-state index >= 15 is 0 Å². The quantitative estimate of drug-likeness (QED) is 0.481. The van der Waals surface area contributed by atoms with Crippen LogP contribution in [0.25, 0.3) is 0 Å². The first-order chi connectivity index (χ1) is 4.93. The van der Waals surface area contributed by atoms with Crippen molar-refractivity contribution in [1.82, 2.24) is 0 Å². The number of hydrogen-bond acceptors (Lipinski definition) is 2. The Bertz CT molecular complexity index is 198. The predicted molar refractivity (Wildman–Crippen MR) is 41.5 cm³/mol. The van der Waals surface area contributed by atoms with E-state index in [1.807, 2.05) is 30.3 Å². The highest BCUT2D eigenvalue weighted by molar-refractivity contribution is 7.42. The third kappa shape index (κ3) is 2.16. The molecule has 1 aromatic rings. The number of hydrogen-bond donors (Lipinski definition) is 0. The molecule has 0 fully saturated rings. The molecule has 0 aliphatic heterocycles. The molecule has 0 radical (unpaired) electrons. The van der Waals surface area contributed by atoms with Crippen LogP contribution >= 0.6 is 8.81 Å². The van der Waals surface area contributed by atoms with Gasteiger partial charge in [0.2, 0.25) is 0 Å². The summed E-state index contributed by atoms with van der Waals surface area (Å²) in [5.74, 6) is 0. The maximum Gasteiger partial charge on any atom is 0.295 e.